The summed E-state index contributed by atoms with van der Waals surface area (Å²) < 4.78 is 6.16. The normalized spacial score (nSPS) is 12.2. The van der Waals surface area contributed by atoms with E-state index in [2.05, 4.69) is 15.9 Å². The van der Waals surface area contributed by atoms with Crippen LogP contribution in [0.4, 0.5) is 0 Å². The number of carbonyl (C=O) groups is 1. The zero-order valence-electron chi connectivity index (χ0n) is 10.4. The van der Waals surface area contributed by atoms with E-state index in [9.17, 15) is 9.90 Å². The van der Waals surface area contributed by atoms with Gasteiger partial charge in [0.15, 0.2) is 0 Å². The molecule has 0 spiro atoms. The Hall–Kier alpha value is -1.07. The first kappa shape index (κ1) is 15.0. The minimum Gasteiger partial charge on any atom is -0.496 e. The van der Waals surface area contributed by atoms with Gasteiger partial charge in [0.2, 0.25) is 0 Å². The van der Waals surface area contributed by atoms with Crippen molar-refractivity contribution in [1.82, 2.24) is 0 Å². The van der Waals surface area contributed by atoms with Gasteiger partial charge >= 0.3 is 5.97 Å². The van der Waals surface area contributed by atoms with E-state index in [0.29, 0.717) is 25.8 Å². The number of aliphatic carboxylic acids is 1. The number of hydrogen-bond donors (Lipinski definition) is 2. The molecule has 3 N–H and O–H groups in total. The molecule has 0 aliphatic heterocycles. The van der Waals surface area contributed by atoms with Gasteiger partial charge in [-0.25, -0.2) is 0 Å². The summed E-state index contributed by atoms with van der Waals surface area (Å²) in [5.74, 6) is -0.487. The number of carboxylic acid groups (broad SMARTS) is 1. The van der Waals surface area contributed by atoms with Crippen molar-refractivity contribution in [2.45, 2.75) is 19.3 Å². The highest BCUT2D eigenvalue weighted by Crippen LogP contribution is 2.26. The lowest BCUT2D eigenvalue weighted by Crippen LogP contribution is -2.18. The molecule has 0 aromatic heterocycles. The molecule has 1 aromatic rings. The van der Waals surface area contributed by atoms with Crippen LogP contribution in [-0.4, -0.2) is 24.7 Å². The number of carboxylic acids is 1. The molecule has 4 nitrogen and oxygen atoms in total. The lowest BCUT2D eigenvalue weighted by Gasteiger charge is -2.14. The second-order valence-corrected chi connectivity index (χ2v) is 5.04. The van der Waals surface area contributed by atoms with Crippen molar-refractivity contribution >= 4 is 21.9 Å². The maximum absolute atomic E-state index is 11.2. The second kappa shape index (κ2) is 7.38. The Morgan fingerprint density at radius 2 is 2.28 bits per heavy atom. The number of rotatable bonds is 7. The number of methoxy groups -OCH3 is 1. The molecule has 0 fully saturated rings. The summed E-state index contributed by atoms with van der Waals surface area (Å²) in [7, 11) is 1.59. The Morgan fingerprint density at radius 1 is 1.56 bits per heavy atom. The number of benzene rings is 1. The predicted molar refractivity (Wildman–Crippen MR) is 73.8 cm³/mol. The fourth-order valence-electron chi connectivity index (χ4n) is 1.85. The Morgan fingerprint density at radius 3 is 2.83 bits per heavy atom. The van der Waals surface area contributed by atoms with Gasteiger partial charge in [0.05, 0.1) is 13.0 Å². The van der Waals surface area contributed by atoms with E-state index in [1.165, 1.54) is 0 Å². The van der Waals surface area contributed by atoms with Crippen molar-refractivity contribution in [2.24, 2.45) is 11.7 Å². The number of halogens is 1. The van der Waals surface area contributed by atoms with Gasteiger partial charge in [0.1, 0.15) is 5.75 Å². The summed E-state index contributed by atoms with van der Waals surface area (Å²) in [6, 6.07) is 5.61. The van der Waals surface area contributed by atoms with Crippen LogP contribution in [-0.2, 0) is 11.2 Å². The highest BCUT2D eigenvalue weighted by molar-refractivity contribution is 9.10. The quantitative estimate of drug-likeness (QED) is 0.810. The fraction of sp³-hybridized carbons (Fsp3) is 0.462. The average Bonchev–Trinajstić information content (AvgIpc) is 2.34. The summed E-state index contributed by atoms with van der Waals surface area (Å²) in [5.41, 5.74) is 6.32. The van der Waals surface area contributed by atoms with Crippen LogP contribution in [0.2, 0.25) is 0 Å². The highest BCUT2D eigenvalue weighted by atomic mass is 79.9. The van der Waals surface area contributed by atoms with Crippen molar-refractivity contribution in [3.05, 3.63) is 28.2 Å². The summed E-state index contributed by atoms with van der Waals surface area (Å²) in [6.07, 6.45) is 1.76. The van der Waals surface area contributed by atoms with Gasteiger partial charge in [-0.2, -0.15) is 0 Å². The number of hydrogen-bond acceptors (Lipinski definition) is 3. The number of ether oxygens (including phenoxy) is 1. The van der Waals surface area contributed by atoms with Crippen molar-refractivity contribution in [1.29, 1.82) is 0 Å². The third kappa shape index (κ3) is 4.31. The SMILES string of the molecule is COc1ccc(Br)cc1CC(CCCN)C(=O)O. The van der Waals surface area contributed by atoms with Gasteiger partial charge < -0.3 is 15.6 Å². The van der Waals surface area contributed by atoms with Gasteiger partial charge in [-0.3, -0.25) is 4.79 Å². The zero-order chi connectivity index (χ0) is 13.5. The van der Waals surface area contributed by atoms with Crippen LogP contribution in [0.1, 0.15) is 18.4 Å². The Bertz CT molecular complexity index is 409. The fourth-order valence-corrected chi connectivity index (χ4v) is 2.26. The molecular weight excluding hydrogens is 298 g/mol. The van der Waals surface area contributed by atoms with E-state index in [-0.39, 0.29) is 0 Å². The largest absolute Gasteiger partial charge is 0.496 e. The molecule has 18 heavy (non-hydrogen) atoms. The molecule has 1 unspecified atom stereocenters. The zero-order valence-corrected chi connectivity index (χ0v) is 11.9. The van der Waals surface area contributed by atoms with E-state index >= 15 is 0 Å². The molecule has 0 bridgehead atoms. The molecule has 0 heterocycles. The van der Waals surface area contributed by atoms with Crippen molar-refractivity contribution < 1.29 is 14.6 Å². The maximum Gasteiger partial charge on any atom is 0.306 e. The van der Waals surface area contributed by atoms with E-state index in [1.807, 2.05) is 18.2 Å². The minimum atomic E-state index is -0.787. The van der Waals surface area contributed by atoms with E-state index < -0.39 is 11.9 Å². The van der Waals surface area contributed by atoms with E-state index in [1.54, 1.807) is 7.11 Å². The third-order valence-corrected chi connectivity index (χ3v) is 3.31. The van der Waals surface area contributed by atoms with Gasteiger partial charge in [-0.1, -0.05) is 15.9 Å². The van der Waals surface area contributed by atoms with Crippen molar-refractivity contribution in [3.63, 3.8) is 0 Å². The first-order valence-electron chi connectivity index (χ1n) is 5.83. The second-order valence-electron chi connectivity index (χ2n) is 4.13. The summed E-state index contributed by atoms with van der Waals surface area (Å²) in [5, 5.41) is 9.20. The molecule has 100 valence electrons. The van der Waals surface area contributed by atoms with Gasteiger partial charge in [0, 0.05) is 4.47 Å². The molecule has 0 amide bonds. The molecule has 0 saturated carbocycles. The molecule has 0 radical (unpaired) electrons. The molecule has 5 heteroatoms. The van der Waals surface area contributed by atoms with Crippen LogP contribution in [0, 0.1) is 5.92 Å². The maximum atomic E-state index is 11.2. The van der Waals surface area contributed by atoms with Crippen LogP contribution in [0.15, 0.2) is 22.7 Å². The standard InChI is InChI=1S/C13H18BrNO3/c1-18-12-5-4-11(14)8-10(12)7-9(13(16)17)3-2-6-15/h4-5,8-9H,2-3,6-7,15H2,1H3,(H,16,17). The first-order chi connectivity index (χ1) is 8.58. The van der Waals surface area contributed by atoms with Crippen LogP contribution >= 0.6 is 15.9 Å². The van der Waals surface area contributed by atoms with Crippen LogP contribution < -0.4 is 10.5 Å². The average molecular weight is 316 g/mol. The lowest BCUT2D eigenvalue weighted by atomic mass is 9.94. The van der Waals surface area contributed by atoms with Crippen LogP contribution in [0.25, 0.3) is 0 Å². The first-order valence-corrected chi connectivity index (χ1v) is 6.63. The Balaban J connectivity index is 2.85. The molecule has 1 aromatic carbocycles. The third-order valence-electron chi connectivity index (χ3n) is 2.81. The highest BCUT2D eigenvalue weighted by Gasteiger charge is 2.19. The minimum absolute atomic E-state index is 0.420. The van der Waals surface area contributed by atoms with Gasteiger partial charge in [-0.05, 0) is 49.6 Å². The van der Waals surface area contributed by atoms with Crippen LogP contribution in [0.5, 0.6) is 5.75 Å². The van der Waals surface area contributed by atoms with Gasteiger partial charge in [-0.15, -0.1) is 0 Å². The van der Waals surface area contributed by atoms with Crippen molar-refractivity contribution in [3.8, 4) is 5.75 Å². The monoisotopic (exact) mass is 315 g/mol. The van der Waals surface area contributed by atoms with Crippen molar-refractivity contribution in [2.75, 3.05) is 13.7 Å². The van der Waals surface area contributed by atoms with Crippen LogP contribution in [0.3, 0.4) is 0 Å². The summed E-state index contributed by atoms with van der Waals surface area (Å²) >= 11 is 3.38. The molecule has 0 aliphatic carbocycles. The summed E-state index contributed by atoms with van der Waals surface area (Å²) in [4.78, 5) is 11.2. The molecule has 1 rings (SSSR count). The lowest BCUT2D eigenvalue weighted by molar-refractivity contribution is -0.141. The van der Waals surface area contributed by atoms with E-state index in [4.69, 9.17) is 10.5 Å². The van der Waals surface area contributed by atoms with Gasteiger partial charge in [0.25, 0.3) is 0 Å². The topological polar surface area (TPSA) is 72.5 Å². The number of nitrogens with two attached hydrogens (primary N) is 1. The Labute approximate surface area is 115 Å². The molecule has 1 atom stereocenters. The predicted octanol–water partition coefficient (Wildman–Crippen LogP) is 2.44. The van der Waals surface area contributed by atoms with E-state index in [0.717, 1.165) is 15.8 Å². The Kier molecular flexibility index (Phi) is 6.15. The molecular formula is C13H18BrNO3. The molecule has 0 saturated heterocycles. The molecule has 0 aliphatic rings. The smallest absolute Gasteiger partial charge is 0.306 e. The summed E-state index contributed by atoms with van der Waals surface area (Å²) in [6.45, 7) is 0.513.